The van der Waals surface area contributed by atoms with Gasteiger partial charge in [-0.2, -0.15) is 0 Å². The molecule has 1 N–H and O–H groups in total. The number of methoxy groups -OCH3 is 1. The fraction of sp³-hybridized carbons (Fsp3) is 0.462. The Hall–Kier alpha value is -1.62. The Morgan fingerprint density at radius 1 is 1.56 bits per heavy atom. The van der Waals surface area contributed by atoms with E-state index in [1.54, 1.807) is 4.90 Å². The van der Waals surface area contributed by atoms with Gasteiger partial charge in [-0.15, -0.1) is 0 Å². The van der Waals surface area contributed by atoms with Gasteiger partial charge < -0.3 is 14.7 Å². The highest BCUT2D eigenvalue weighted by Gasteiger charge is 2.23. The number of hydrogen-bond acceptors (Lipinski definition) is 3. The van der Waals surface area contributed by atoms with Crippen LogP contribution in [0.2, 0.25) is 0 Å². The predicted molar refractivity (Wildman–Crippen MR) is 64.1 cm³/mol. The lowest BCUT2D eigenvalue weighted by atomic mass is 10.1. The van der Waals surface area contributed by atoms with E-state index in [4.69, 9.17) is 4.74 Å². The zero-order chi connectivity index (χ0) is 13.1. The second-order valence-corrected chi connectivity index (χ2v) is 4.40. The van der Waals surface area contributed by atoms with Gasteiger partial charge in [-0.1, -0.05) is 0 Å². The molecule has 1 heterocycles. The van der Waals surface area contributed by atoms with Crippen LogP contribution >= 0.6 is 0 Å². The highest BCUT2D eigenvalue weighted by Crippen LogP contribution is 2.20. The third-order valence-electron chi connectivity index (χ3n) is 3.08. The van der Waals surface area contributed by atoms with E-state index in [9.17, 15) is 14.3 Å². The molecule has 0 saturated carbocycles. The Morgan fingerprint density at radius 3 is 3.00 bits per heavy atom. The first kappa shape index (κ1) is 12.8. The SMILES string of the molecule is COc1cc(C(=O)N2CCC[C@H](O)C2)ccc1F. The first-order chi connectivity index (χ1) is 8.61. The van der Waals surface area contributed by atoms with Crippen LogP contribution in [0.15, 0.2) is 18.2 Å². The maximum Gasteiger partial charge on any atom is 0.254 e. The van der Waals surface area contributed by atoms with Crippen LogP contribution in [0.1, 0.15) is 23.2 Å². The maximum absolute atomic E-state index is 13.2. The van der Waals surface area contributed by atoms with Gasteiger partial charge >= 0.3 is 0 Å². The Kier molecular flexibility index (Phi) is 3.81. The maximum atomic E-state index is 13.2. The molecule has 0 radical (unpaired) electrons. The van der Waals surface area contributed by atoms with Crippen molar-refractivity contribution in [3.63, 3.8) is 0 Å². The number of nitrogens with zero attached hydrogens (tertiary/aromatic N) is 1. The van der Waals surface area contributed by atoms with E-state index in [-0.39, 0.29) is 11.7 Å². The van der Waals surface area contributed by atoms with Crippen LogP contribution < -0.4 is 4.74 Å². The number of rotatable bonds is 2. The molecule has 98 valence electrons. The quantitative estimate of drug-likeness (QED) is 0.867. The first-order valence-electron chi connectivity index (χ1n) is 5.92. The lowest BCUT2D eigenvalue weighted by Gasteiger charge is -2.30. The van der Waals surface area contributed by atoms with Gasteiger partial charge in [0.1, 0.15) is 0 Å². The van der Waals surface area contributed by atoms with Crippen LogP contribution in [0, 0.1) is 5.82 Å². The summed E-state index contributed by atoms with van der Waals surface area (Å²) in [5, 5.41) is 9.54. The molecule has 2 rings (SSSR count). The average molecular weight is 253 g/mol. The monoisotopic (exact) mass is 253 g/mol. The number of aliphatic hydroxyl groups excluding tert-OH is 1. The number of likely N-dealkylation sites (tertiary alicyclic amines) is 1. The number of amides is 1. The van der Waals surface area contributed by atoms with Gasteiger partial charge in [0.15, 0.2) is 11.6 Å². The van der Waals surface area contributed by atoms with Crippen LogP contribution in [0.4, 0.5) is 4.39 Å². The summed E-state index contributed by atoms with van der Waals surface area (Å²) < 4.78 is 18.1. The molecule has 18 heavy (non-hydrogen) atoms. The lowest BCUT2D eigenvalue weighted by Crippen LogP contribution is -2.42. The van der Waals surface area contributed by atoms with Crippen LogP contribution in [0.25, 0.3) is 0 Å². The first-order valence-corrected chi connectivity index (χ1v) is 5.92. The van der Waals surface area contributed by atoms with E-state index in [1.807, 2.05) is 0 Å². The van der Waals surface area contributed by atoms with E-state index in [1.165, 1.54) is 25.3 Å². The number of benzene rings is 1. The number of piperidine rings is 1. The van der Waals surface area contributed by atoms with Gasteiger partial charge in [-0.3, -0.25) is 4.79 Å². The number of β-amino-alcohol motifs (C(OH)–C–C–N with tert-alkyl or cyclic N) is 1. The van der Waals surface area contributed by atoms with Crippen molar-refractivity contribution < 1.29 is 19.0 Å². The van der Waals surface area contributed by atoms with Crippen LogP contribution in [-0.2, 0) is 0 Å². The van der Waals surface area contributed by atoms with E-state index < -0.39 is 11.9 Å². The molecule has 1 fully saturated rings. The topological polar surface area (TPSA) is 49.8 Å². The second kappa shape index (κ2) is 5.35. The molecule has 1 amide bonds. The van der Waals surface area contributed by atoms with Gasteiger partial charge in [0, 0.05) is 18.7 Å². The van der Waals surface area contributed by atoms with Crippen molar-refractivity contribution in [3.8, 4) is 5.75 Å². The molecule has 0 unspecified atom stereocenters. The Bertz CT molecular complexity index is 450. The smallest absolute Gasteiger partial charge is 0.254 e. The summed E-state index contributed by atoms with van der Waals surface area (Å²) in [5.41, 5.74) is 0.377. The molecule has 0 spiro atoms. The lowest BCUT2D eigenvalue weighted by molar-refractivity contribution is 0.0473. The molecule has 5 heteroatoms. The molecular formula is C13H16FNO3. The summed E-state index contributed by atoms with van der Waals surface area (Å²) in [6.07, 6.45) is 1.03. The summed E-state index contributed by atoms with van der Waals surface area (Å²) in [6, 6.07) is 4.03. The summed E-state index contributed by atoms with van der Waals surface area (Å²) >= 11 is 0. The third-order valence-corrected chi connectivity index (χ3v) is 3.08. The Morgan fingerprint density at radius 2 is 2.33 bits per heavy atom. The Balaban J connectivity index is 2.17. The minimum absolute atomic E-state index is 0.0541. The van der Waals surface area contributed by atoms with E-state index in [0.717, 1.165) is 12.8 Å². The van der Waals surface area contributed by atoms with Crippen molar-refractivity contribution in [3.05, 3.63) is 29.6 Å². The summed E-state index contributed by atoms with van der Waals surface area (Å²) in [7, 11) is 1.36. The van der Waals surface area contributed by atoms with Gasteiger partial charge in [0.05, 0.1) is 13.2 Å². The normalized spacial score (nSPS) is 19.7. The van der Waals surface area contributed by atoms with Gasteiger partial charge in [-0.05, 0) is 31.0 Å². The fourth-order valence-electron chi connectivity index (χ4n) is 2.11. The minimum Gasteiger partial charge on any atom is -0.494 e. The number of carbonyl (C=O) groups excluding carboxylic acids is 1. The van der Waals surface area contributed by atoms with Crippen molar-refractivity contribution in [2.24, 2.45) is 0 Å². The van der Waals surface area contributed by atoms with E-state index >= 15 is 0 Å². The standard InChI is InChI=1S/C13H16FNO3/c1-18-12-7-9(4-5-11(12)14)13(17)15-6-2-3-10(16)8-15/h4-5,7,10,16H,2-3,6,8H2,1H3/t10-/m0/s1. The van der Waals surface area contributed by atoms with Crippen molar-refractivity contribution >= 4 is 5.91 Å². The van der Waals surface area contributed by atoms with E-state index in [0.29, 0.717) is 18.7 Å². The van der Waals surface area contributed by atoms with Crippen molar-refractivity contribution in [1.29, 1.82) is 0 Å². The number of aliphatic hydroxyl groups is 1. The van der Waals surface area contributed by atoms with Crippen molar-refractivity contribution in [2.75, 3.05) is 20.2 Å². The number of hydrogen-bond donors (Lipinski definition) is 1. The molecule has 0 bridgehead atoms. The average Bonchev–Trinajstić information content (AvgIpc) is 2.38. The van der Waals surface area contributed by atoms with Gasteiger partial charge in [0.25, 0.3) is 5.91 Å². The zero-order valence-corrected chi connectivity index (χ0v) is 10.2. The minimum atomic E-state index is -0.493. The Labute approximate surface area is 105 Å². The molecule has 1 saturated heterocycles. The van der Waals surface area contributed by atoms with Crippen LogP contribution in [-0.4, -0.2) is 42.2 Å². The predicted octanol–water partition coefficient (Wildman–Crippen LogP) is 1.43. The number of ether oxygens (including phenoxy) is 1. The molecule has 0 aliphatic carbocycles. The molecule has 4 nitrogen and oxygen atoms in total. The third kappa shape index (κ3) is 2.61. The largest absolute Gasteiger partial charge is 0.494 e. The van der Waals surface area contributed by atoms with Crippen molar-refractivity contribution in [2.45, 2.75) is 18.9 Å². The number of halogens is 1. The molecule has 1 aliphatic heterocycles. The zero-order valence-electron chi connectivity index (χ0n) is 10.2. The highest BCUT2D eigenvalue weighted by atomic mass is 19.1. The van der Waals surface area contributed by atoms with E-state index in [2.05, 4.69) is 0 Å². The molecule has 1 aromatic rings. The van der Waals surface area contributed by atoms with Crippen LogP contribution in [0.3, 0.4) is 0 Å². The molecule has 1 atom stereocenters. The van der Waals surface area contributed by atoms with Gasteiger partial charge in [-0.25, -0.2) is 4.39 Å². The highest BCUT2D eigenvalue weighted by molar-refractivity contribution is 5.94. The molecule has 1 aliphatic rings. The summed E-state index contributed by atoms with van der Waals surface area (Å²) in [5.74, 6) is -0.641. The molecule has 1 aromatic carbocycles. The molecule has 0 aromatic heterocycles. The summed E-state index contributed by atoms with van der Waals surface area (Å²) in [4.78, 5) is 13.7. The second-order valence-electron chi connectivity index (χ2n) is 4.40. The number of carbonyl (C=O) groups is 1. The van der Waals surface area contributed by atoms with Crippen molar-refractivity contribution in [1.82, 2.24) is 4.90 Å². The molecular weight excluding hydrogens is 237 g/mol. The van der Waals surface area contributed by atoms with Gasteiger partial charge in [0.2, 0.25) is 0 Å². The fourth-order valence-corrected chi connectivity index (χ4v) is 2.11. The summed E-state index contributed by atoms with van der Waals surface area (Å²) in [6.45, 7) is 0.952. The van der Waals surface area contributed by atoms with Crippen LogP contribution in [0.5, 0.6) is 5.75 Å².